The highest BCUT2D eigenvalue weighted by Crippen LogP contribution is 2.33. The number of carbonyl (C=O) groups excluding carboxylic acids is 1. The molecule has 0 N–H and O–H groups in total. The number of benzene rings is 2. The third-order valence-corrected chi connectivity index (χ3v) is 4.78. The Morgan fingerprint density at radius 1 is 0.929 bits per heavy atom. The first-order valence-electron chi connectivity index (χ1n) is 9.43. The highest BCUT2D eigenvalue weighted by Gasteiger charge is 2.19. The molecule has 3 aromatic rings. The van der Waals surface area contributed by atoms with Crippen LogP contribution in [0.4, 0.5) is 0 Å². The van der Waals surface area contributed by atoms with E-state index in [2.05, 4.69) is 0 Å². The van der Waals surface area contributed by atoms with Crippen molar-refractivity contribution in [1.29, 1.82) is 0 Å². The lowest BCUT2D eigenvalue weighted by Gasteiger charge is -2.22. The van der Waals surface area contributed by atoms with E-state index < -0.39 is 0 Å². The number of ether oxygens (including phenoxy) is 2. The molecule has 144 valence electrons. The number of hydrogen-bond acceptors (Lipinski definition) is 4. The van der Waals surface area contributed by atoms with Crippen molar-refractivity contribution in [3.63, 3.8) is 0 Å². The first kappa shape index (κ1) is 18.2. The van der Waals surface area contributed by atoms with Crippen LogP contribution in [0.5, 0.6) is 11.5 Å². The zero-order valence-electron chi connectivity index (χ0n) is 15.9. The van der Waals surface area contributed by atoms with Gasteiger partial charge in [0.25, 0.3) is 0 Å². The third-order valence-electron chi connectivity index (χ3n) is 4.78. The summed E-state index contributed by atoms with van der Waals surface area (Å²) in [5.74, 6) is 3.19. The largest absolute Gasteiger partial charge is 0.464 e. The van der Waals surface area contributed by atoms with E-state index in [0.29, 0.717) is 25.9 Å². The summed E-state index contributed by atoms with van der Waals surface area (Å²) in [5, 5.41) is 0. The Kier molecular flexibility index (Phi) is 5.33. The fraction of sp³-hybridized carbons (Fsp3) is 0.261. The lowest BCUT2D eigenvalue weighted by atomic mass is 10.1. The molecule has 5 nitrogen and oxygen atoms in total. The lowest BCUT2D eigenvalue weighted by Crippen LogP contribution is -2.30. The number of furan rings is 1. The molecule has 28 heavy (non-hydrogen) atoms. The van der Waals surface area contributed by atoms with Crippen LogP contribution in [0.1, 0.15) is 29.1 Å². The summed E-state index contributed by atoms with van der Waals surface area (Å²) in [6.45, 7) is 3.08. The molecule has 0 fully saturated rings. The fourth-order valence-corrected chi connectivity index (χ4v) is 3.30. The summed E-state index contributed by atoms with van der Waals surface area (Å²) in [6, 6.07) is 19.7. The molecule has 0 spiro atoms. The molecule has 0 unspecified atom stereocenters. The van der Waals surface area contributed by atoms with Crippen LogP contribution in [0.15, 0.2) is 65.1 Å². The molecule has 0 saturated heterocycles. The molecular formula is C23H23NO4. The zero-order valence-corrected chi connectivity index (χ0v) is 15.9. The maximum absolute atomic E-state index is 13.0. The van der Waals surface area contributed by atoms with E-state index in [1.807, 2.05) is 72.5 Å². The van der Waals surface area contributed by atoms with Crippen LogP contribution in [0, 0.1) is 6.92 Å². The molecule has 0 radical (unpaired) electrons. The van der Waals surface area contributed by atoms with E-state index in [-0.39, 0.29) is 12.7 Å². The van der Waals surface area contributed by atoms with Gasteiger partial charge in [0.15, 0.2) is 11.5 Å². The Hall–Kier alpha value is -3.21. The van der Waals surface area contributed by atoms with Crippen LogP contribution in [0.3, 0.4) is 0 Å². The van der Waals surface area contributed by atoms with Crippen molar-refractivity contribution in [2.24, 2.45) is 0 Å². The molecule has 0 aliphatic carbocycles. The first-order chi connectivity index (χ1) is 13.7. The Balaban J connectivity index is 1.48. The molecule has 4 rings (SSSR count). The van der Waals surface area contributed by atoms with Gasteiger partial charge in [-0.2, -0.15) is 0 Å². The van der Waals surface area contributed by atoms with Crippen LogP contribution >= 0.6 is 0 Å². The second kappa shape index (κ2) is 8.21. The van der Waals surface area contributed by atoms with Crippen LogP contribution in [0.25, 0.3) is 0 Å². The van der Waals surface area contributed by atoms with Gasteiger partial charge in [-0.05, 0) is 48.7 Å². The quantitative estimate of drug-likeness (QED) is 0.609. The highest BCUT2D eigenvalue weighted by atomic mass is 16.7. The van der Waals surface area contributed by atoms with Gasteiger partial charge in [-0.1, -0.05) is 36.4 Å². The number of nitrogens with zero attached hydrogens (tertiary/aromatic N) is 1. The predicted molar refractivity (Wildman–Crippen MR) is 105 cm³/mol. The molecular weight excluding hydrogens is 354 g/mol. The topological polar surface area (TPSA) is 51.9 Å². The van der Waals surface area contributed by atoms with E-state index in [1.165, 1.54) is 0 Å². The van der Waals surface area contributed by atoms with Crippen molar-refractivity contribution in [1.82, 2.24) is 4.90 Å². The summed E-state index contributed by atoms with van der Waals surface area (Å²) < 4.78 is 16.5. The van der Waals surface area contributed by atoms with E-state index in [1.54, 1.807) is 0 Å². The molecule has 1 aliphatic heterocycles. The SMILES string of the molecule is Cc1ccc(CN(Cc2ccc3c(c2)OCO3)C(=O)CCc2ccccc2)o1. The monoisotopic (exact) mass is 377 g/mol. The lowest BCUT2D eigenvalue weighted by molar-refractivity contribution is -0.132. The van der Waals surface area contributed by atoms with E-state index in [0.717, 1.165) is 34.1 Å². The van der Waals surface area contributed by atoms with Gasteiger partial charge >= 0.3 is 0 Å². The number of fused-ring (bicyclic) bond motifs is 1. The van der Waals surface area contributed by atoms with E-state index in [9.17, 15) is 4.79 Å². The highest BCUT2D eigenvalue weighted by molar-refractivity contribution is 5.76. The maximum Gasteiger partial charge on any atom is 0.231 e. The smallest absolute Gasteiger partial charge is 0.231 e. The Bertz CT molecular complexity index is 948. The van der Waals surface area contributed by atoms with Crippen molar-refractivity contribution < 1.29 is 18.7 Å². The van der Waals surface area contributed by atoms with Gasteiger partial charge in [0.2, 0.25) is 12.7 Å². The minimum Gasteiger partial charge on any atom is -0.464 e. The molecule has 5 heteroatoms. The Morgan fingerprint density at radius 2 is 1.75 bits per heavy atom. The van der Waals surface area contributed by atoms with Crippen LogP contribution < -0.4 is 9.47 Å². The third kappa shape index (κ3) is 4.36. The van der Waals surface area contributed by atoms with E-state index >= 15 is 0 Å². The van der Waals surface area contributed by atoms with Crippen molar-refractivity contribution >= 4 is 5.91 Å². The molecule has 0 atom stereocenters. The molecule has 1 aromatic heterocycles. The molecule has 0 bridgehead atoms. The molecule has 2 heterocycles. The van der Waals surface area contributed by atoms with E-state index in [4.69, 9.17) is 13.9 Å². The summed E-state index contributed by atoms with van der Waals surface area (Å²) in [7, 11) is 0. The summed E-state index contributed by atoms with van der Waals surface area (Å²) in [6.07, 6.45) is 1.17. The number of hydrogen-bond donors (Lipinski definition) is 0. The normalized spacial score (nSPS) is 12.2. The molecule has 1 amide bonds. The molecule has 0 saturated carbocycles. The molecule has 1 aliphatic rings. The number of carbonyl (C=O) groups is 1. The van der Waals surface area contributed by atoms with Gasteiger partial charge in [-0.3, -0.25) is 4.79 Å². The second-order valence-electron chi connectivity index (χ2n) is 6.94. The van der Waals surface area contributed by atoms with Gasteiger partial charge in [-0.25, -0.2) is 0 Å². The number of rotatable bonds is 7. The Labute approximate surface area is 164 Å². The van der Waals surface area contributed by atoms with Crippen molar-refractivity contribution in [2.75, 3.05) is 6.79 Å². The van der Waals surface area contributed by atoms with Gasteiger partial charge < -0.3 is 18.8 Å². The average Bonchev–Trinajstić information content (AvgIpc) is 3.34. The van der Waals surface area contributed by atoms with Crippen molar-refractivity contribution in [3.8, 4) is 11.5 Å². The number of amides is 1. The first-order valence-corrected chi connectivity index (χ1v) is 9.43. The minimum atomic E-state index is 0.0931. The average molecular weight is 377 g/mol. The van der Waals surface area contributed by atoms with Gasteiger partial charge in [0, 0.05) is 13.0 Å². The van der Waals surface area contributed by atoms with Crippen molar-refractivity contribution in [3.05, 3.63) is 83.3 Å². The molecule has 2 aromatic carbocycles. The zero-order chi connectivity index (χ0) is 19.3. The van der Waals surface area contributed by atoms with Crippen LogP contribution in [-0.2, 0) is 24.3 Å². The fourth-order valence-electron chi connectivity index (χ4n) is 3.30. The summed E-state index contributed by atoms with van der Waals surface area (Å²) >= 11 is 0. The van der Waals surface area contributed by atoms with Gasteiger partial charge in [0.1, 0.15) is 11.5 Å². The standard InChI is InChI=1S/C23H23NO4/c1-17-7-10-20(28-17)15-24(23(25)12-9-18-5-3-2-4-6-18)14-19-8-11-21-22(13-19)27-16-26-21/h2-8,10-11,13H,9,12,14-16H2,1H3. The van der Waals surface area contributed by atoms with Crippen LogP contribution in [-0.4, -0.2) is 17.6 Å². The minimum absolute atomic E-state index is 0.0931. The van der Waals surface area contributed by atoms with Crippen LogP contribution in [0.2, 0.25) is 0 Å². The number of aryl methyl sites for hydroxylation is 2. The summed E-state index contributed by atoms with van der Waals surface area (Å²) in [5.41, 5.74) is 2.16. The predicted octanol–water partition coefficient (Wildman–Crippen LogP) is 4.48. The van der Waals surface area contributed by atoms with Gasteiger partial charge in [0.05, 0.1) is 6.54 Å². The summed E-state index contributed by atoms with van der Waals surface area (Å²) in [4.78, 5) is 14.8. The maximum atomic E-state index is 13.0. The van der Waals surface area contributed by atoms with Crippen molar-refractivity contribution in [2.45, 2.75) is 32.9 Å². The second-order valence-corrected chi connectivity index (χ2v) is 6.94. The van der Waals surface area contributed by atoms with Gasteiger partial charge in [-0.15, -0.1) is 0 Å². The Morgan fingerprint density at radius 3 is 2.54 bits per heavy atom.